The summed E-state index contributed by atoms with van der Waals surface area (Å²) in [6.45, 7) is 7.35. The molecule has 3 aliphatic rings. The van der Waals surface area contributed by atoms with E-state index in [1.165, 1.54) is 11.8 Å². The largest absolute Gasteiger partial charge is 0.448 e. The summed E-state index contributed by atoms with van der Waals surface area (Å²) in [4.78, 5) is 29.3. The van der Waals surface area contributed by atoms with Gasteiger partial charge in [0.05, 0.1) is 24.3 Å². The molecule has 1 saturated carbocycles. The van der Waals surface area contributed by atoms with Crippen molar-refractivity contribution < 1.29 is 19.0 Å². The number of rotatable bonds is 7. The minimum atomic E-state index is -0.834. The molecule has 0 radical (unpaired) electrons. The van der Waals surface area contributed by atoms with Crippen LogP contribution in [-0.4, -0.2) is 48.2 Å². The average Bonchev–Trinajstić information content (AvgIpc) is 3.22. The predicted octanol–water partition coefficient (Wildman–Crippen LogP) is 4.33. The lowest BCUT2D eigenvalue weighted by molar-refractivity contribution is -0.122. The van der Waals surface area contributed by atoms with Crippen LogP contribution >= 0.6 is 23.4 Å². The van der Waals surface area contributed by atoms with Crippen LogP contribution in [0.3, 0.4) is 0 Å². The zero-order valence-corrected chi connectivity index (χ0v) is 23.2. The molecule has 1 aromatic heterocycles. The van der Waals surface area contributed by atoms with Gasteiger partial charge in [0, 0.05) is 52.7 Å². The van der Waals surface area contributed by atoms with Gasteiger partial charge in [-0.15, -0.1) is 11.8 Å². The molecule has 10 heteroatoms. The number of amides is 1. The van der Waals surface area contributed by atoms with Crippen LogP contribution in [0.25, 0.3) is 0 Å². The summed E-state index contributed by atoms with van der Waals surface area (Å²) >= 11 is 8.08. The number of aromatic nitrogens is 1. The maximum atomic E-state index is 13.2. The molecule has 5 rings (SSSR count). The van der Waals surface area contributed by atoms with Gasteiger partial charge < -0.3 is 29.8 Å². The van der Waals surface area contributed by atoms with Crippen LogP contribution in [0, 0.1) is 19.8 Å². The number of thioether (sulfide) groups is 1. The second-order valence-electron chi connectivity index (χ2n) is 10.4. The molecule has 8 nitrogen and oxygen atoms in total. The van der Waals surface area contributed by atoms with E-state index in [0.29, 0.717) is 45.3 Å². The fourth-order valence-electron chi connectivity index (χ4n) is 5.50. The van der Waals surface area contributed by atoms with Crippen molar-refractivity contribution in [3.63, 3.8) is 0 Å². The first-order valence-electron chi connectivity index (χ1n) is 12.8. The first-order valence-corrected chi connectivity index (χ1v) is 14.4. The van der Waals surface area contributed by atoms with Crippen LogP contribution in [0.2, 0.25) is 5.02 Å². The summed E-state index contributed by atoms with van der Waals surface area (Å²) in [5, 5.41) is 6.90. The van der Waals surface area contributed by atoms with Gasteiger partial charge in [-0.05, 0) is 57.9 Å². The van der Waals surface area contributed by atoms with E-state index in [1.807, 2.05) is 33.1 Å². The van der Waals surface area contributed by atoms with E-state index in [9.17, 15) is 9.59 Å². The lowest BCUT2D eigenvalue weighted by Gasteiger charge is -2.39. The minimum absolute atomic E-state index is 0.109. The molecule has 1 amide bonds. The number of ether oxygens (including phenoxy) is 3. The van der Waals surface area contributed by atoms with Gasteiger partial charge in [0.2, 0.25) is 0 Å². The Morgan fingerprint density at radius 1 is 1.14 bits per heavy atom. The molecule has 37 heavy (non-hydrogen) atoms. The number of hydrogen-bond donors (Lipinski definition) is 3. The third-order valence-corrected chi connectivity index (χ3v) is 8.83. The van der Waals surface area contributed by atoms with Gasteiger partial charge >= 0.3 is 0 Å². The molecular weight excluding hydrogens is 514 g/mol. The molecule has 1 aromatic carbocycles. The summed E-state index contributed by atoms with van der Waals surface area (Å²) in [7, 11) is 0. The maximum absolute atomic E-state index is 13.2. The van der Waals surface area contributed by atoms with Crippen LogP contribution in [-0.2, 0) is 11.3 Å². The highest BCUT2D eigenvalue weighted by atomic mass is 35.5. The molecule has 2 aliphatic heterocycles. The Balaban J connectivity index is 1.28. The number of carbonyl (C=O) groups excluding carboxylic acids is 1. The molecule has 2 aromatic rings. The Labute approximate surface area is 226 Å². The lowest BCUT2D eigenvalue weighted by Crippen LogP contribution is -2.53. The summed E-state index contributed by atoms with van der Waals surface area (Å²) in [5.41, 5.74) is 2.18. The molecule has 3 heterocycles. The second-order valence-corrected chi connectivity index (χ2v) is 11.6. The van der Waals surface area contributed by atoms with Crippen LogP contribution in [0.15, 0.2) is 21.8 Å². The van der Waals surface area contributed by atoms with Crippen LogP contribution in [0.5, 0.6) is 11.5 Å². The molecule has 1 saturated heterocycles. The zero-order chi connectivity index (χ0) is 26.3. The number of aryl methyl sites for hydroxylation is 1. The quantitative estimate of drug-likeness (QED) is 0.443. The molecule has 0 spiro atoms. The normalized spacial score (nSPS) is 25.1. The van der Waals surface area contributed by atoms with E-state index in [-0.39, 0.29) is 23.9 Å². The number of aromatic amines is 1. The standard InChI is InChI=1S/C27H34ClN3O5S/c1-14-9-22(37-4)20(26(33)30-14)11-29-25(32)19-10-21(28)24-23(15(19)2)35-27(3,36-24)16-5-7-17(8-6-16)31-18-12-34-13-18/h9-10,16-18,31H,5-8,11-13H2,1-4H3,(H,29,32)(H,30,33)/t16?,17?,27-/m0/s1. The van der Waals surface area contributed by atoms with Crippen LogP contribution in [0.4, 0.5) is 0 Å². The smallest absolute Gasteiger partial charge is 0.254 e. The van der Waals surface area contributed by atoms with E-state index in [2.05, 4.69) is 15.6 Å². The summed E-state index contributed by atoms with van der Waals surface area (Å²) < 4.78 is 18.0. The number of halogens is 1. The average molecular weight is 548 g/mol. The number of H-pyrrole nitrogens is 1. The number of hydrogen-bond acceptors (Lipinski definition) is 7. The van der Waals surface area contributed by atoms with Crippen LogP contribution < -0.4 is 25.7 Å². The van der Waals surface area contributed by atoms with E-state index in [4.69, 9.17) is 25.8 Å². The molecule has 1 aliphatic carbocycles. The molecule has 200 valence electrons. The SMILES string of the molecule is CSc1cc(C)[nH]c(=O)c1CNC(=O)c1cc(Cl)c2c(c1C)O[C@](C)(C1CCC(NC3COC3)CC1)O2. The predicted molar refractivity (Wildman–Crippen MR) is 144 cm³/mol. The Kier molecular flexibility index (Phi) is 7.51. The molecular formula is C27H34ClN3O5S. The van der Waals surface area contributed by atoms with Gasteiger partial charge in [0.25, 0.3) is 17.3 Å². The van der Waals surface area contributed by atoms with Crippen LogP contribution in [0.1, 0.15) is 59.8 Å². The Morgan fingerprint density at radius 3 is 2.49 bits per heavy atom. The number of pyridine rings is 1. The van der Waals surface area contributed by atoms with Crippen molar-refractivity contribution in [2.45, 2.75) is 75.8 Å². The molecule has 1 atom stereocenters. The minimum Gasteiger partial charge on any atom is -0.448 e. The van der Waals surface area contributed by atoms with Crippen molar-refractivity contribution in [3.05, 3.63) is 49.9 Å². The van der Waals surface area contributed by atoms with Crippen molar-refractivity contribution in [1.82, 2.24) is 15.6 Å². The molecule has 0 bridgehead atoms. The topological polar surface area (TPSA) is 102 Å². The highest BCUT2D eigenvalue weighted by Crippen LogP contribution is 2.51. The monoisotopic (exact) mass is 547 g/mol. The highest BCUT2D eigenvalue weighted by Gasteiger charge is 2.47. The van der Waals surface area contributed by atoms with Gasteiger partial charge in [-0.1, -0.05) is 11.6 Å². The van der Waals surface area contributed by atoms with E-state index >= 15 is 0 Å². The Hall–Kier alpha value is -2.20. The van der Waals surface area contributed by atoms with E-state index < -0.39 is 5.79 Å². The second kappa shape index (κ2) is 10.5. The van der Waals surface area contributed by atoms with Crippen molar-refractivity contribution in [2.24, 2.45) is 5.92 Å². The zero-order valence-electron chi connectivity index (χ0n) is 21.7. The number of fused-ring (bicyclic) bond motifs is 1. The maximum Gasteiger partial charge on any atom is 0.254 e. The van der Waals surface area contributed by atoms with Gasteiger partial charge in [-0.3, -0.25) is 9.59 Å². The van der Waals surface area contributed by atoms with Crippen molar-refractivity contribution in [1.29, 1.82) is 0 Å². The third kappa shape index (κ3) is 5.24. The van der Waals surface area contributed by atoms with Crippen molar-refractivity contribution in [2.75, 3.05) is 19.5 Å². The Morgan fingerprint density at radius 2 is 1.84 bits per heavy atom. The molecule has 3 N–H and O–H groups in total. The van der Waals surface area contributed by atoms with Gasteiger partial charge in [-0.25, -0.2) is 0 Å². The fourth-order valence-corrected chi connectivity index (χ4v) is 6.44. The molecule has 0 unspecified atom stereocenters. The van der Waals surface area contributed by atoms with Crippen molar-refractivity contribution >= 4 is 29.3 Å². The summed E-state index contributed by atoms with van der Waals surface area (Å²) in [5.74, 6) is 0.0630. The number of nitrogens with one attached hydrogen (secondary N) is 3. The summed E-state index contributed by atoms with van der Waals surface area (Å²) in [6, 6.07) is 4.49. The van der Waals surface area contributed by atoms with Gasteiger partial charge in [0.1, 0.15) is 0 Å². The number of carbonyl (C=O) groups is 1. The van der Waals surface area contributed by atoms with Crippen molar-refractivity contribution in [3.8, 4) is 11.5 Å². The summed E-state index contributed by atoms with van der Waals surface area (Å²) in [6.07, 6.45) is 5.96. The first kappa shape index (κ1) is 26.4. The highest BCUT2D eigenvalue weighted by molar-refractivity contribution is 7.98. The fraction of sp³-hybridized carbons (Fsp3) is 0.556. The van der Waals surface area contributed by atoms with E-state index in [0.717, 1.165) is 49.5 Å². The lowest BCUT2D eigenvalue weighted by atomic mass is 9.81. The Bertz CT molecular complexity index is 1260. The first-order chi connectivity index (χ1) is 17.7. The number of benzene rings is 1. The van der Waals surface area contributed by atoms with Gasteiger partial charge in [-0.2, -0.15) is 0 Å². The van der Waals surface area contributed by atoms with Gasteiger partial charge in [0.15, 0.2) is 11.5 Å². The molecule has 2 fully saturated rings. The third-order valence-electron chi connectivity index (χ3n) is 7.75. The van der Waals surface area contributed by atoms with E-state index in [1.54, 1.807) is 6.07 Å².